The van der Waals surface area contributed by atoms with Crippen LogP contribution in [0, 0.1) is 0 Å². The summed E-state index contributed by atoms with van der Waals surface area (Å²) in [7, 11) is 1.38. The Morgan fingerprint density at radius 2 is 1.46 bits per heavy atom. The van der Waals surface area contributed by atoms with Crippen molar-refractivity contribution in [3.05, 3.63) is 54.1 Å². The van der Waals surface area contributed by atoms with E-state index < -0.39 is 0 Å². The topological polar surface area (TPSA) is 55.8 Å². The number of carbonyl (C=O) groups is 1. The fraction of sp³-hybridized carbons (Fsp3) is 0.350. The maximum Gasteiger partial charge on any atom is 0.337 e. The van der Waals surface area contributed by atoms with Crippen LogP contribution >= 0.6 is 0 Å². The smallest absolute Gasteiger partial charge is 0.337 e. The Morgan fingerprint density at radius 3 is 2.04 bits per heavy atom. The second kappa shape index (κ2) is 9.73. The van der Waals surface area contributed by atoms with E-state index in [1.807, 2.05) is 36.4 Å². The molecule has 0 unspecified atom stereocenters. The highest BCUT2D eigenvalue weighted by Gasteiger charge is 2.05. The van der Waals surface area contributed by atoms with E-state index in [2.05, 4.69) is 0 Å². The fourth-order valence-corrected chi connectivity index (χ4v) is 2.42. The van der Waals surface area contributed by atoms with E-state index in [9.17, 15) is 4.79 Å². The van der Waals surface area contributed by atoms with Crippen LogP contribution in [-0.4, -0.2) is 31.4 Å². The summed E-state index contributed by atoms with van der Waals surface area (Å²) in [5.74, 6) is 0.524. The van der Waals surface area contributed by atoms with Gasteiger partial charge >= 0.3 is 5.97 Å². The zero-order valence-electron chi connectivity index (χ0n) is 14.0. The lowest BCUT2D eigenvalue weighted by Crippen LogP contribution is -2.00. The first-order valence-electron chi connectivity index (χ1n) is 8.27. The van der Waals surface area contributed by atoms with Crippen molar-refractivity contribution >= 4 is 5.97 Å². The summed E-state index contributed by atoms with van der Waals surface area (Å²) in [6.45, 7) is 0.960. The molecule has 1 N–H and O–H groups in total. The Bertz CT molecular complexity index is 617. The second-order valence-corrected chi connectivity index (χ2v) is 5.58. The molecule has 2 rings (SSSR count). The summed E-state index contributed by atoms with van der Waals surface area (Å²) in [5.41, 5.74) is 2.65. The molecule has 0 aliphatic rings. The van der Waals surface area contributed by atoms with Crippen molar-refractivity contribution in [3.8, 4) is 16.9 Å². The molecular formula is C20H24O4. The van der Waals surface area contributed by atoms with E-state index in [4.69, 9.17) is 14.6 Å². The molecule has 0 saturated carbocycles. The number of esters is 1. The Balaban J connectivity index is 1.86. The van der Waals surface area contributed by atoms with Gasteiger partial charge in [0.05, 0.1) is 19.3 Å². The number of hydrogen-bond donors (Lipinski definition) is 1. The van der Waals surface area contributed by atoms with Gasteiger partial charge in [-0.1, -0.05) is 30.7 Å². The molecule has 0 spiro atoms. The largest absolute Gasteiger partial charge is 0.494 e. The molecule has 0 fully saturated rings. The Hall–Kier alpha value is -2.33. The lowest BCUT2D eigenvalue weighted by molar-refractivity contribution is 0.0601. The average Bonchev–Trinajstić information content (AvgIpc) is 2.64. The molecule has 0 saturated heterocycles. The molecular weight excluding hydrogens is 304 g/mol. The van der Waals surface area contributed by atoms with Gasteiger partial charge in [-0.05, 0) is 54.7 Å². The minimum atomic E-state index is -0.329. The number of methoxy groups -OCH3 is 1. The Kier molecular flexibility index (Phi) is 7.30. The molecule has 0 amide bonds. The van der Waals surface area contributed by atoms with Gasteiger partial charge in [0.2, 0.25) is 0 Å². The van der Waals surface area contributed by atoms with E-state index in [1.54, 1.807) is 12.1 Å². The van der Waals surface area contributed by atoms with Gasteiger partial charge in [-0.15, -0.1) is 0 Å². The highest BCUT2D eigenvalue weighted by atomic mass is 16.5. The van der Waals surface area contributed by atoms with Crippen LogP contribution < -0.4 is 4.74 Å². The molecule has 2 aromatic rings. The van der Waals surface area contributed by atoms with Crippen LogP contribution in [0.5, 0.6) is 5.75 Å². The molecule has 0 heterocycles. The van der Waals surface area contributed by atoms with Crippen LogP contribution in [0.2, 0.25) is 0 Å². The van der Waals surface area contributed by atoms with Crippen molar-refractivity contribution in [1.29, 1.82) is 0 Å². The van der Waals surface area contributed by atoms with Gasteiger partial charge < -0.3 is 14.6 Å². The minimum Gasteiger partial charge on any atom is -0.494 e. The van der Waals surface area contributed by atoms with Crippen molar-refractivity contribution in [1.82, 2.24) is 0 Å². The number of carbonyl (C=O) groups excluding carboxylic acids is 1. The van der Waals surface area contributed by atoms with Crippen molar-refractivity contribution < 1.29 is 19.4 Å². The zero-order chi connectivity index (χ0) is 17.2. The van der Waals surface area contributed by atoms with E-state index in [-0.39, 0.29) is 12.6 Å². The monoisotopic (exact) mass is 328 g/mol. The molecule has 0 radical (unpaired) electrons. The first-order chi connectivity index (χ1) is 11.7. The number of ether oxygens (including phenoxy) is 2. The predicted molar refractivity (Wildman–Crippen MR) is 94.3 cm³/mol. The maximum atomic E-state index is 11.4. The first-order valence-corrected chi connectivity index (χ1v) is 8.27. The molecule has 24 heavy (non-hydrogen) atoms. The Morgan fingerprint density at radius 1 is 0.875 bits per heavy atom. The highest BCUT2D eigenvalue weighted by molar-refractivity contribution is 5.89. The van der Waals surface area contributed by atoms with Gasteiger partial charge in [0.15, 0.2) is 0 Å². The lowest BCUT2D eigenvalue weighted by Gasteiger charge is -2.08. The summed E-state index contributed by atoms with van der Waals surface area (Å²) in [6, 6.07) is 15.3. The van der Waals surface area contributed by atoms with Gasteiger partial charge in [-0.25, -0.2) is 4.79 Å². The lowest BCUT2D eigenvalue weighted by atomic mass is 10.0. The molecule has 0 bridgehead atoms. The standard InChI is InChI=1S/C20H24O4/c1-23-20(22)18-8-6-16(7-9-18)17-10-12-19(13-11-17)24-15-5-3-2-4-14-21/h6-13,21H,2-5,14-15H2,1H3. The van der Waals surface area contributed by atoms with E-state index in [0.29, 0.717) is 12.2 Å². The molecule has 0 aromatic heterocycles. The number of rotatable bonds is 9. The van der Waals surface area contributed by atoms with Gasteiger partial charge in [-0.3, -0.25) is 0 Å². The van der Waals surface area contributed by atoms with Gasteiger partial charge in [0, 0.05) is 6.61 Å². The minimum absolute atomic E-state index is 0.267. The van der Waals surface area contributed by atoms with Crippen molar-refractivity contribution in [2.75, 3.05) is 20.3 Å². The molecule has 2 aromatic carbocycles. The van der Waals surface area contributed by atoms with E-state index in [1.165, 1.54) is 7.11 Å². The summed E-state index contributed by atoms with van der Waals surface area (Å²) < 4.78 is 10.4. The number of hydrogen-bond acceptors (Lipinski definition) is 4. The molecule has 0 aliphatic heterocycles. The summed E-state index contributed by atoms with van der Waals surface area (Å²) >= 11 is 0. The fourth-order valence-electron chi connectivity index (χ4n) is 2.42. The first kappa shape index (κ1) is 18.0. The summed E-state index contributed by atoms with van der Waals surface area (Å²) in [4.78, 5) is 11.4. The van der Waals surface area contributed by atoms with Crippen LogP contribution in [0.15, 0.2) is 48.5 Å². The van der Waals surface area contributed by atoms with Crippen molar-refractivity contribution in [2.45, 2.75) is 25.7 Å². The van der Waals surface area contributed by atoms with Gasteiger partial charge in [0.25, 0.3) is 0 Å². The van der Waals surface area contributed by atoms with Crippen molar-refractivity contribution in [2.24, 2.45) is 0 Å². The quantitative estimate of drug-likeness (QED) is 0.557. The van der Waals surface area contributed by atoms with Crippen LogP contribution in [0.1, 0.15) is 36.0 Å². The molecule has 0 aliphatic carbocycles. The molecule has 0 atom stereocenters. The third kappa shape index (κ3) is 5.39. The molecule has 128 valence electrons. The Labute approximate surface area is 143 Å². The van der Waals surface area contributed by atoms with E-state index in [0.717, 1.165) is 42.6 Å². The maximum absolute atomic E-state index is 11.4. The van der Waals surface area contributed by atoms with Crippen molar-refractivity contribution in [3.63, 3.8) is 0 Å². The summed E-state index contributed by atoms with van der Waals surface area (Å²) in [6.07, 6.45) is 3.98. The van der Waals surface area contributed by atoms with Crippen LogP contribution in [0.25, 0.3) is 11.1 Å². The van der Waals surface area contributed by atoms with E-state index >= 15 is 0 Å². The second-order valence-electron chi connectivity index (χ2n) is 5.58. The van der Waals surface area contributed by atoms with Crippen LogP contribution in [0.3, 0.4) is 0 Å². The zero-order valence-corrected chi connectivity index (χ0v) is 14.0. The van der Waals surface area contributed by atoms with Crippen LogP contribution in [-0.2, 0) is 4.74 Å². The normalized spacial score (nSPS) is 10.4. The third-order valence-corrected chi connectivity index (χ3v) is 3.81. The van der Waals surface area contributed by atoms with Gasteiger partial charge in [-0.2, -0.15) is 0 Å². The summed E-state index contributed by atoms with van der Waals surface area (Å²) in [5, 5.41) is 8.72. The molecule has 4 heteroatoms. The highest BCUT2D eigenvalue weighted by Crippen LogP contribution is 2.23. The SMILES string of the molecule is COC(=O)c1ccc(-c2ccc(OCCCCCCO)cc2)cc1. The van der Waals surface area contributed by atoms with Crippen LogP contribution in [0.4, 0.5) is 0 Å². The van der Waals surface area contributed by atoms with Gasteiger partial charge in [0.1, 0.15) is 5.75 Å². The number of aliphatic hydroxyl groups is 1. The number of aliphatic hydroxyl groups excluding tert-OH is 1. The number of benzene rings is 2. The third-order valence-electron chi connectivity index (χ3n) is 3.81. The molecule has 4 nitrogen and oxygen atoms in total. The predicted octanol–water partition coefficient (Wildman–Crippen LogP) is 4.07. The number of unbranched alkanes of at least 4 members (excludes halogenated alkanes) is 3. The average molecular weight is 328 g/mol.